The first-order valence-corrected chi connectivity index (χ1v) is 14.3. The van der Waals surface area contributed by atoms with Gasteiger partial charge in [0.1, 0.15) is 42.4 Å². The van der Waals surface area contributed by atoms with Crippen LogP contribution in [-0.2, 0) is 4.74 Å². The van der Waals surface area contributed by atoms with Crippen LogP contribution in [0.3, 0.4) is 0 Å². The Morgan fingerprint density at radius 2 is 1.90 bits per heavy atom. The van der Waals surface area contributed by atoms with Crippen LogP contribution in [0.25, 0.3) is 16.6 Å². The number of aryl methyl sites for hydroxylation is 1. The highest BCUT2D eigenvalue weighted by atomic mass is 16.5. The first kappa shape index (κ1) is 25.2. The highest BCUT2D eigenvalue weighted by Gasteiger charge is 2.47. The molecule has 0 amide bonds. The van der Waals surface area contributed by atoms with E-state index in [1.165, 1.54) is 6.33 Å². The maximum atomic E-state index is 6.57. The van der Waals surface area contributed by atoms with Gasteiger partial charge >= 0.3 is 0 Å². The van der Waals surface area contributed by atoms with Crippen LogP contribution in [0.4, 0.5) is 17.2 Å². The van der Waals surface area contributed by atoms with E-state index in [9.17, 15) is 0 Å². The molecule has 0 spiro atoms. The van der Waals surface area contributed by atoms with Crippen LogP contribution in [0.15, 0.2) is 55.4 Å². The Bertz CT molecular complexity index is 1790. The lowest BCUT2D eigenvalue weighted by Crippen LogP contribution is -2.61. The molecular weight excluding hydrogens is 534 g/mol. The number of nitrogens with one attached hydrogen (secondary N) is 1. The molecule has 214 valence electrons. The summed E-state index contributed by atoms with van der Waals surface area (Å²) in [5.41, 5.74) is 4.45. The van der Waals surface area contributed by atoms with E-state index in [2.05, 4.69) is 48.3 Å². The number of ether oxygens (including phenoxy) is 3. The molecular formula is C30H31N9O3. The third kappa shape index (κ3) is 4.34. The van der Waals surface area contributed by atoms with Gasteiger partial charge in [0.05, 0.1) is 29.8 Å². The molecule has 3 aliphatic heterocycles. The van der Waals surface area contributed by atoms with Gasteiger partial charge in [0.15, 0.2) is 5.65 Å². The molecule has 3 aliphatic rings. The number of aromatic nitrogens is 6. The quantitative estimate of drug-likeness (QED) is 0.309. The van der Waals surface area contributed by atoms with E-state index in [0.717, 1.165) is 71.9 Å². The maximum absolute atomic E-state index is 6.57. The molecule has 6 heterocycles. The molecule has 3 saturated heterocycles. The lowest BCUT2D eigenvalue weighted by molar-refractivity contribution is 0.141. The second-order valence-corrected chi connectivity index (χ2v) is 11.2. The molecule has 3 fully saturated rings. The Labute approximate surface area is 242 Å². The van der Waals surface area contributed by atoms with Crippen LogP contribution in [0.1, 0.15) is 18.4 Å². The summed E-state index contributed by atoms with van der Waals surface area (Å²) in [5, 5.41) is 8.62. The summed E-state index contributed by atoms with van der Waals surface area (Å²) >= 11 is 0. The maximum Gasteiger partial charge on any atom is 0.224 e. The molecule has 0 saturated carbocycles. The van der Waals surface area contributed by atoms with Crippen LogP contribution in [0.5, 0.6) is 17.4 Å². The van der Waals surface area contributed by atoms with E-state index in [-0.39, 0.29) is 6.10 Å². The number of benzene rings is 2. The number of anilines is 3. The second-order valence-electron chi connectivity index (χ2n) is 11.2. The number of likely N-dealkylation sites (N-methyl/N-ethyl adjacent to an activating group) is 1. The van der Waals surface area contributed by atoms with Gasteiger partial charge in [-0.25, -0.2) is 24.5 Å². The van der Waals surface area contributed by atoms with Crippen LogP contribution in [0.2, 0.25) is 0 Å². The summed E-state index contributed by atoms with van der Waals surface area (Å²) in [5.74, 6) is 2.76. The summed E-state index contributed by atoms with van der Waals surface area (Å²) < 4.78 is 19.9. The molecule has 0 aliphatic carbocycles. The zero-order valence-electron chi connectivity index (χ0n) is 23.5. The summed E-state index contributed by atoms with van der Waals surface area (Å²) in [6, 6.07) is 12.8. The summed E-state index contributed by atoms with van der Waals surface area (Å²) in [4.78, 5) is 22.8. The topological polar surface area (TPSA) is 115 Å². The van der Waals surface area contributed by atoms with Gasteiger partial charge in [-0.05, 0) is 56.3 Å². The van der Waals surface area contributed by atoms with Crippen LogP contribution < -0.4 is 19.7 Å². The minimum atomic E-state index is 0.0423. The standard InChI is InChI=1S/C30H31N9O3/c1-18-11-19(3-5-24(18)42-27-12-26-32-16-35-39(26)17-34-27)36-30-28-21(31-15-33-30)4-6-25(41-20-8-10-40-14-20)29(28)38-13-23-22(38)7-9-37(23)2/h3-6,11-12,15-17,20,22-23H,7-10,13-14H2,1-2H3,(H,31,33,36)/t20-,22+,23+/m0/s1. The van der Waals surface area contributed by atoms with E-state index in [4.69, 9.17) is 19.2 Å². The third-order valence-electron chi connectivity index (χ3n) is 8.58. The van der Waals surface area contributed by atoms with Crippen LogP contribution in [-0.4, -0.2) is 86.0 Å². The molecule has 2 aromatic carbocycles. The molecule has 0 bridgehead atoms. The molecule has 12 heteroatoms. The van der Waals surface area contributed by atoms with Crippen molar-refractivity contribution in [1.82, 2.24) is 34.4 Å². The zero-order chi connectivity index (χ0) is 28.2. The molecule has 0 unspecified atom stereocenters. The number of likely N-dealkylation sites (tertiary alicyclic amines) is 1. The second kappa shape index (κ2) is 10.1. The van der Waals surface area contributed by atoms with E-state index in [1.807, 2.05) is 31.2 Å². The van der Waals surface area contributed by atoms with E-state index in [1.54, 1.807) is 23.2 Å². The van der Waals surface area contributed by atoms with Crippen molar-refractivity contribution in [2.24, 2.45) is 0 Å². The minimum absolute atomic E-state index is 0.0423. The van der Waals surface area contributed by atoms with E-state index < -0.39 is 0 Å². The van der Waals surface area contributed by atoms with Crippen molar-refractivity contribution in [3.05, 3.63) is 60.9 Å². The number of hydrogen-bond donors (Lipinski definition) is 1. The molecule has 1 N–H and O–H groups in total. The molecule has 0 radical (unpaired) electrons. The van der Waals surface area contributed by atoms with Crippen molar-refractivity contribution in [2.45, 2.75) is 38.0 Å². The highest BCUT2D eigenvalue weighted by Crippen LogP contribution is 2.46. The fourth-order valence-corrected chi connectivity index (χ4v) is 6.30. The minimum Gasteiger partial charge on any atom is -0.486 e. The Balaban J connectivity index is 1.13. The molecule has 8 rings (SSSR count). The van der Waals surface area contributed by atoms with Gasteiger partial charge < -0.3 is 24.4 Å². The van der Waals surface area contributed by atoms with Gasteiger partial charge in [0.25, 0.3) is 0 Å². The summed E-state index contributed by atoms with van der Waals surface area (Å²) in [6.45, 7) is 5.39. The van der Waals surface area contributed by atoms with Gasteiger partial charge in [-0.3, -0.25) is 4.90 Å². The monoisotopic (exact) mass is 565 g/mol. The molecule has 42 heavy (non-hydrogen) atoms. The first-order valence-electron chi connectivity index (χ1n) is 14.3. The van der Waals surface area contributed by atoms with Gasteiger partial charge in [-0.1, -0.05) is 0 Å². The smallest absolute Gasteiger partial charge is 0.224 e. The Morgan fingerprint density at radius 1 is 0.976 bits per heavy atom. The molecule has 5 aromatic rings. The third-order valence-corrected chi connectivity index (χ3v) is 8.58. The number of nitrogens with zero attached hydrogens (tertiary/aromatic N) is 8. The molecule has 3 atom stereocenters. The largest absolute Gasteiger partial charge is 0.486 e. The Morgan fingerprint density at radius 3 is 2.76 bits per heavy atom. The van der Waals surface area contributed by atoms with Crippen molar-refractivity contribution in [3.8, 4) is 17.4 Å². The van der Waals surface area contributed by atoms with Crippen molar-refractivity contribution in [3.63, 3.8) is 0 Å². The SMILES string of the molecule is Cc1cc(Nc2ncnc3ccc(O[C@H]4CCOC4)c(N4C[C@@H]5[C@H]4CCN5C)c23)ccc1Oc1cc2ncnn2cn1. The van der Waals surface area contributed by atoms with Crippen molar-refractivity contribution < 1.29 is 14.2 Å². The zero-order valence-corrected chi connectivity index (χ0v) is 23.5. The number of hydrogen-bond acceptors (Lipinski definition) is 11. The number of fused-ring (bicyclic) bond motifs is 3. The molecule has 12 nitrogen and oxygen atoms in total. The normalized spacial score (nSPS) is 22.0. The summed E-state index contributed by atoms with van der Waals surface area (Å²) in [7, 11) is 2.22. The fraction of sp³-hybridized carbons (Fsp3) is 0.367. The predicted octanol–water partition coefficient (Wildman–Crippen LogP) is 3.97. The van der Waals surface area contributed by atoms with Crippen molar-refractivity contribution in [1.29, 1.82) is 0 Å². The van der Waals surface area contributed by atoms with E-state index in [0.29, 0.717) is 36.0 Å². The lowest BCUT2D eigenvalue weighted by Gasteiger charge is -2.48. The average molecular weight is 566 g/mol. The van der Waals surface area contributed by atoms with Gasteiger partial charge in [0, 0.05) is 43.3 Å². The van der Waals surface area contributed by atoms with Gasteiger partial charge in [-0.15, -0.1) is 0 Å². The Hall–Kier alpha value is -4.55. The van der Waals surface area contributed by atoms with Crippen LogP contribution >= 0.6 is 0 Å². The Kier molecular flexibility index (Phi) is 6.04. The van der Waals surface area contributed by atoms with E-state index >= 15 is 0 Å². The van der Waals surface area contributed by atoms with Crippen molar-refractivity contribution >= 4 is 33.7 Å². The van der Waals surface area contributed by atoms with Gasteiger partial charge in [-0.2, -0.15) is 5.10 Å². The summed E-state index contributed by atoms with van der Waals surface area (Å²) in [6.07, 6.45) is 6.74. The average Bonchev–Trinajstić information content (AvgIpc) is 3.72. The predicted molar refractivity (Wildman–Crippen MR) is 157 cm³/mol. The fourth-order valence-electron chi connectivity index (χ4n) is 6.30. The van der Waals surface area contributed by atoms with Crippen molar-refractivity contribution in [2.75, 3.05) is 43.6 Å². The lowest BCUT2D eigenvalue weighted by atomic mass is 9.94. The van der Waals surface area contributed by atoms with Gasteiger partial charge in [0.2, 0.25) is 5.88 Å². The number of rotatable bonds is 7. The highest BCUT2D eigenvalue weighted by molar-refractivity contribution is 6.04. The molecule has 3 aromatic heterocycles. The first-order chi connectivity index (χ1) is 20.6. The van der Waals surface area contributed by atoms with Crippen LogP contribution in [0, 0.1) is 6.92 Å².